The zero-order chi connectivity index (χ0) is 33.5. The minimum atomic E-state index is -0.592. The molecule has 0 spiro atoms. The summed E-state index contributed by atoms with van der Waals surface area (Å²) in [5.74, 6) is -0.219. The van der Waals surface area contributed by atoms with Crippen molar-refractivity contribution in [2.45, 2.75) is 90.4 Å². The summed E-state index contributed by atoms with van der Waals surface area (Å²) in [7, 11) is 0. The van der Waals surface area contributed by atoms with Gasteiger partial charge in [0.15, 0.2) is 0 Å². The van der Waals surface area contributed by atoms with Crippen molar-refractivity contribution in [1.82, 2.24) is 0 Å². The Morgan fingerprint density at radius 2 is 1.65 bits per heavy atom. The number of aldehydes is 1. The Labute approximate surface area is 276 Å². The number of ether oxygens (including phenoxy) is 1. The number of unbranched alkanes of at least 4 members (excludes halogenated alkanes) is 2. The van der Waals surface area contributed by atoms with Crippen LogP contribution in [-0.2, 0) is 40.0 Å². The van der Waals surface area contributed by atoms with Crippen LogP contribution in [0.5, 0.6) is 0 Å². The van der Waals surface area contributed by atoms with E-state index in [0.717, 1.165) is 37.5 Å². The predicted octanol–water partition coefficient (Wildman–Crippen LogP) is 8.24. The fourth-order valence-electron chi connectivity index (χ4n) is 6.03. The van der Waals surface area contributed by atoms with Crippen LogP contribution in [-0.4, -0.2) is 42.3 Å². The molecule has 246 valence electrons. The van der Waals surface area contributed by atoms with Crippen molar-refractivity contribution in [2.75, 3.05) is 19.8 Å². The van der Waals surface area contributed by atoms with Crippen LogP contribution in [0.3, 0.4) is 0 Å². The standard InChI is InChI=1S/C37H46O4.C4H6O/c1-4-6-7-8-28-13-14-32(21-27(28)5-2)34-18-17-33-22-31(15-16-35(33)23-34)29-9-11-30(12-10-29)36(25-39)19-20-41-37(40)26(3)24-38;1-4(2)3-5/h9-14,17-18,21,23,31,36,38-39H,3-8,15-16,19-20,22,24-25H2,1-2H3;3H,1H2,2H3. The summed E-state index contributed by atoms with van der Waals surface area (Å²) in [4.78, 5) is 21.1. The Morgan fingerprint density at radius 3 is 2.28 bits per heavy atom. The number of fused-ring (bicyclic) bond motifs is 1. The summed E-state index contributed by atoms with van der Waals surface area (Å²) in [6.07, 6.45) is 10.6. The summed E-state index contributed by atoms with van der Waals surface area (Å²) in [6, 6.07) is 22.7. The Balaban J connectivity index is 0.00000107. The van der Waals surface area contributed by atoms with E-state index >= 15 is 0 Å². The van der Waals surface area contributed by atoms with Gasteiger partial charge < -0.3 is 14.9 Å². The topological polar surface area (TPSA) is 83.8 Å². The van der Waals surface area contributed by atoms with Gasteiger partial charge in [-0.1, -0.05) is 101 Å². The average molecular weight is 625 g/mol. The number of benzene rings is 3. The van der Waals surface area contributed by atoms with E-state index < -0.39 is 12.6 Å². The number of aryl methyl sites for hydroxylation is 3. The number of rotatable bonds is 15. The molecule has 0 fully saturated rings. The number of esters is 1. The van der Waals surface area contributed by atoms with Gasteiger partial charge in [-0.15, -0.1) is 0 Å². The molecule has 5 heteroatoms. The van der Waals surface area contributed by atoms with Crippen molar-refractivity contribution in [3.8, 4) is 11.1 Å². The van der Waals surface area contributed by atoms with E-state index in [9.17, 15) is 14.7 Å². The number of aliphatic hydroxyl groups excluding tert-OH is 2. The van der Waals surface area contributed by atoms with E-state index in [4.69, 9.17) is 9.84 Å². The first kappa shape index (κ1) is 36.7. The van der Waals surface area contributed by atoms with Crippen molar-refractivity contribution in [3.63, 3.8) is 0 Å². The number of allylic oxidation sites excluding steroid dienone is 1. The predicted molar refractivity (Wildman–Crippen MR) is 188 cm³/mol. The molecule has 0 amide bonds. The average Bonchev–Trinajstić information content (AvgIpc) is 3.09. The van der Waals surface area contributed by atoms with Crippen LogP contribution < -0.4 is 0 Å². The number of aliphatic hydroxyl groups is 2. The van der Waals surface area contributed by atoms with Crippen molar-refractivity contribution in [1.29, 1.82) is 0 Å². The highest BCUT2D eigenvalue weighted by molar-refractivity contribution is 5.87. The molecule has 3 aromatic rings. The van der Waals surface area contributed by atoms with Gasteiger partial charge >= 0.3 is 5.97 Å². The lowest BCUT2D eigenvalue weighted by atomic mass is 9.79. The van der Waals surface area contributed by atoms with Crippen LogP contribution in [0.1, 0.15) is 98.1 Å². The zero-order valence-corrected chi connectivity index (χ0v) is 28.0. The highest BCUT2D eigenvalue weighted by Crippen LogP contribution is 2.36. The van der Waals surface area contributed by atoms with Crippen LogP contribution in [0.25, 0.3) is 11.1 Å². The second-order valence-corrected chi connectivity index (χ2v) is 12.4. The third-order valence-corrected chi connectivity index (χ3v) is 8.88. The molecule has 0 heterocycles. The molecule has 0 bridgehead atoms. The van der Waals surface area contributed by atoms with Gasteiger partial charge in [0.05, 0.1) is 25.4 Å². The maximum atomic E-state index is 11.7. The van der Waals surface area contributed by atoms with Gasteiger partial charge in [0.1, 0.15) is 6.29 Å². The number of carbonyl (C=O) groups excluding carboxylic acids is 2. The normalized spacial score (nSPS) is 14.3. The first-order valence-corrected chi connectivity index (χ1v) is 16.8. The van der Waals surface area contributed by atoms with Crippen LogP contribution >= 0.6 is 0 Å². The number of hydrogen-bond acceptors (Lipinski definition) is 5. The molecule has 46 heavy (non-hydrogen) atoms. The summed E-state index contributed by atoms with van der Waals surface area (Å²) in [5.41, 5.74) is 11.5. The zero-order valence-electron chi connectivity index (χ0n) is 28.0. The summed E-state index contributed by atoms with van der Waals surface area (Å²) >= 11 is 0. The molecule has 2 unspecified atom stereocenters. The Kier molecular flexibility index (Phi) is 15.1. The maximum Gasteiger partial charge on any atom is 0.335 e. The van der Waals surface area contributed by atoms with E-state index in [1.807, 2.05) is 0 Å². The fraction of sp³-hybridized carbons (Fsp3) is 0.415. The van der Waals surface area contributed by atoms with Gasteiger partial charge in [0, 0.05) is 5.92 Å². The molecule has 2 atom stereocenters. The largest absolute Gasteiger partial charge is 0.462 e. The molecule has 0 saturated heterocycles. The Bertz CT molecular complexity index is 1450. The monoisotopic (exact) mass is 624 g/mol. The lowest BCUT2D eigenvalue weighted by Gasteiger charge is -2.26. The highest BCUT2D eigenvalue weighted by Gasteiger charge is 2.21. The Morgan fingerprint density at radius 1 is 0.957 bits per heavy atom. The fourth-order valence-corrected chi connectivity index (χ4v) is 6.03. The SMILES string of the molecule is C=C(C)C=O.C=C(CO)C(=O)OCCC(CO)c1ccc(C2CCc3cc(-c4ccc(CCCCC)c(CC)c4)ccc3C2)cc1. The van der Waals surface area contributed by atoms with Crippen molar-refractivity contribution >= 4 is 12.3 Å². The van der Waals surface area contributed by atoms with Gasteiger partial charge in [-0.25, -0.2) is 4.79 Å². The molecular formula is C41H52O5. The minimum Gasteiger partial charge on any atom is -0.462 e. The number of hydrogen-bond donors (Lipinski definition) is 2. The summed E-state index contributed by atoms with van der Waals surface area (Å²) in [5, 5.41) is 18.9. The van der Waals surface area contributed by atoms with E-state index in [1.54, 1.807) is 6.92 Å². The van der Waals surface area contributed by atoms with Crippen LogP contribution in [0.15, 0.2) is 85.0 Å². The van der Waals surface area contributed by atoms with Gasteiger partial charge in [-0.05, 0) is 108 Å². The van der Waals surface area contributed by atoms with Crippen LogP contribution in [0, 0.1) is 0 Å². The van der Waals surface area contributed by atoms with Crippen LogP contribution in [0.4, 0.5) is 0 Å². The summed E-state index contributed by atoms with van der Waals surface area (Å²) in [6.45, 7) is 12.7. The number of carbonyl (C=O) groups is 2. The van der Waals surface area contributed by atoms with Gasteiger partial charge in [0.2, 0.25) is 0 Å². The van der Waals surface area contributed by atoms with E-state index in [0.29, 0.717) is 17.9 Å². The maximum absolute atomic E-state index is 11.7. The molecular weight excluding hydrogens is 572 g/mol. The smallest absolute Gasteiger partial charge is 0.335 e. The molecule has 0 radical (unpaired) electrons. The molecule has 5 nitrogen and oxygen atoms in total. The lowest BCUT2D eigenvalue weighted by molar-refractivity contribution is -0.139. The molecule has 4 rings (SSSR count). The van der Waals surface area contributed by atoms with E-state index in [-0.39, 0.29) is 24.7 Å². The minimum absolute atomic E-state index is 0.0156. The molecule has 1 aliphatic rings. The van der Waals surface area contributed by atoms with E-state index in [1.165, 1.54) is 64.6 Å². The molecule has 0 saturated carbocycles. The second kappa shape index (κ2) is 19.0. The molecule has 3 aromatic carbocycles. The van der Waals surface area contributed by atoms with Crippen molar-refractivity contribution in [3.05, 3.63) is 118 Å². The molecule has 0 aromatic heterocycles. The third-order valence-electron chi connectivity index (χ3n) is 8.88. The van der Waals surface area contributed by atoms with E-state index in [2.05, 4.69) is 87.7 Å². The van der Waals surface area contributed by atoms with Gasteiger partial charge in [-0.2, -0.15) is 0 Å². The quantitative estimate of drug-likeness (QED) is 0.0770. The van der Waals surface area contributed by atoms with Gasteiger partial charge in [-0.3, -0.25) is 4.79 Å². The molecule has 2 N–H and O–H groups in total. The third kappa shape index (κ3) is 10.6. The first-order chi connectivity index (χ1) is 22.2. The van der Waals surface area contributed by atoms with Gasteiger partial charge in [0.25, 0.3) is 0 Å². The molecule has 1 aliphatic carbocycles. The Hall–Kier alpha value is -3.80. The van der Waals surface area contributed by atoms with Crippen molar-refractivity contribution < 1.29 is 24.5 Å². The van der Waals surface area contributed by atoms with Crippen LogP contribution in [0.2, 0.25) is 0 Å². The second-order valence-electron chi connectivity index (χ2n) is 12.4. The molecule has 0 aliphatic heterocycles. The summed E-state index contributed by atoms with van der Waals surface area (Å²) < 4.78 is 5.16. The lowest BCUT2D eigenvalue weighted by Crippen LogP contribution is -2.15. The first-order valence-electron chi connectivity index (χ1n) is 16.8. The van der Waals surface area contributed by atoms with Crippen molar-refractivity contribution in [2.24, 2.45) is 0 Å². The highest BCUT2D eigenvalue weighted by atomic mass is 16.5.